The molecule has 0 saturated carbocycles. The first kappa shape index (κ1) is 17.9. The summed E-state index contributed by atoms with van der Waals surface area (Å²) in [6.45, 7) is 3.56. The number of aromatic nitrogens is 3. The predicted molar refractivity (Wildman–Crippen MR) is 107 cm³/mol. The summed E-state index contributed by atoms with van der Waals surface area (Å²) in [5.41, 5.74) is 4.58. The third-order valence-electron chi connectivity index (χ3n) is 5.17. The fraction of sp³-hybridized carbons (Fsp3) is 0.381. The number of aromatic amines is 1. The zero-order valence-corrected chi connectivity index (χ0v) is 16.3. The van der Waals surface area contributed by atoms with Gasteiger partial charge in [-0.25, -0.2) is 4.98 Å². The quantitative estimate of drug-likeness (QED) is 0.734. The van der Waals surface area contributed by atoms with Crippen LogP contribution in [0.15, 0.2) is 41.9 Å². The van der Waals surface area contributed by atoms with E-state index in [2.05, 4.69) is 39.4 Å². The maximum atomic E-state index is 12.7. The highest BCUT2D eigenvalue weighted by molar-refractivity contribution is 7.09. The van der Waals surface area contributed by atoms with Crippen LogP contribution < -0.4 is 0 Å². The van der Waals surface area contributed by atoms with Crippen molar-refractivity contribution in [1.29, 1.82) is 0 Å². The number of benzene rings is 1. The topological polar surface area (TPSA) is 61.9 Å². The van der Waals surface area contributed by atoms with Gasteiger partial charge in [-0.2, -0.15) is 5.10 Å². The minimum Gasteiger partial charge on any atom is -0.342 e. The number of hydrogen-bond donors (Lipinski definition) is 1. The van der Waals surface area contributed by atoms with Crippen molar-refractivity contribution in [3.8, 4) is 0 Å². The Morgan fingerprint density at radius 2 is 2.19 bits per heavy atom. The standard InChI is InChI=1S/C21H24N4OS/c1-15-23-19(14-27-15)11-20(26)25-9-5-8-17(13-25)21-18(12-22-24-21)10-16-6-3-2-4-7-16/h2-4,6-7,12,14,17H,5,8-11,13H2,1H3,(H,22,24)/t17-/m1/s1. The Kier molecular flexibility index (Phi) is 5.34. The van der Waals surface area contributed by atoms with Crippen molar-refractivity contribution >= 4 is 17.2 Å². The fourth-order valence-corrected chi connectivity index (χ4v) is 4.44. The molecule has 4 rings (SSSR count). The van der Waals surface area contributed by atoms with Gasteiger partial charge < -0.3 is 4.90 Å². The van der Waals surface area contributed by atoms with Gasteiger partial charge in [-0.3, -0.25) is 9.89 Å². The number of H-pyrrole nitrogens is 1. The van der Waals surface area contributed by atoms with E-state index >= 15 is 0 Å². The molecule has 5 nitrogen and oxygen atoms in total. The molecule has 1 amide bonds. The lowest BCUT2D eigenvalue weighted by molar-refractivity contribution is -0.131. The van der Waals surface area contributed by atoms with E-state index in [-0.39, 0.29) is 5.91 Å². The molecule has 0 spiro atoms. The lowest BCUT2D eigenvalue weighted by Crippen LogP contribution is -2.40. The number of carbonyl (C=O) groups excluding carboxylic acids is 1. The average molecular weight is 381 g/mol. The fourth-order valence-electron chi connectivity index (χ4n) is 3.83. The summed E-state index contributed by atoms with van der Waals surface area (Å²) in [5.74, 6) is 0.496. The maximum Gasteiger partial charge on any atom is 0.228 e. The molecule has 3 aromatic rings. The molecule has 2 aromatic heterocycles. The van der Waals surface area contributed by atoms with Crippen LogP contribution in [0, 0.1) is 6.92 Å². The van der Waals surface area contributed by atoms with E-state index in [9.17, 15) is 4.79 Å². The molecule has 140 valence electrons. The summed E-state index contributed by atoms with van der Waals surface area (Å²) in [5, 5.41) is 10.5. The summed E-state index contributed by atoms with van der Waals surface area (Å²) in [6, 6.07) is 10.5. The first-order valence-corrected chi connectivity index (χ1v) is 10.3. The van der Waals surface area contributed by atoms with E-state index in [1.807, 2.05) is 29.5 Å². The van der Waals surface area contributed by atoms with E-state index in [0.717, 1.165) is 43.1 Å². The van der Waals surface area contributed by atoms with Gasteiger partial charge in [0.25, 0.3) is 0 Å². The number of likely N-dealkylation sites (tertiary alicyclic amines) is 1. The van der Waals surface area contributed by atoms with Crippen LogP contribution >= 0.6 is 11.3 Å². The van der Waals surface area contributed by atoms with Gasteiger partial charge in [0.15, 0.2) is 0 Å². The lowest BCUT2D eigenvalue weighted by Gasteiger charge is -2.32. The summed E-state index contributed by atoms with van der Waals surface area (Å²) in [4.78, 5) is 19.2. The number of carbonyl (C=O) groups is 1. The largest absolute Gasteiger partial charge is 0.342 e. The summed E-state index contributed by atoms with van der Waals surface area (Å²) in [6.07, 6.45) is 5.31. The van der Waals surface area contributed by atoms with Crippen LogP contribution in [-0.4, -0.2) is 39.1 Å². The number of rotatable bonds is 5. The Morgan fingerprint density at radius 3 is 2.96 bits per heavy atom. The van der Waals surface area contributed by atoms with Crippen molar-refractivity contribution in [3.05, 3.63) is 69.4 Å². The molecule has 1 atom stereocenters. The van der Waals surface area contributed by atoms with Crippen LogP contribution in [0.4, 0.5) is 0 Å². The molecule has 1 aliphatic rings. The highest BCUT2D eigenvalue weighted by atomic mass is 32.1. The van der Waals surface area contributed by atoms with Crippen molar-refractivity contribution in [2.75, 3.05) is 13.1 Å². The molecule has 1 saturated heterocycles. The van der Waals surface area contributed by atoms with Crippen LogP contribution in [0.3, 0.4) is 0 Å². The zero-order chi connectivity index (χ0) is 18.6. The van der Waals surface area contributed by atoms with Crippen LogP contribution in [-0.2, 0) is 17.6 Å². The van der Waals surface area contributed by atoms with Gasteiger partial charge in [0.2, 0.25) is 5.91 Å². The SMILES string of the molecule is Cc1nc(CC(=O)N2CCC[C@@H](c3[nH]ncc3Cc3ccccc3)C2)cs1. The summed E-state index contributed by atoms with van der Waals surface area (Å²) < 4.78 is 0. The minimum absolute atomic E-state index is 0.175. The Balaban J connectivity index is 1.44. The van der Waals surface area contributed by atoms with Crippen LogP contribution in [0.5, 0.6) is 0 Å². The van der Waals surface area contributed by atoms with Gasteiger partial charge >= 0.3 is 0 Å². The third-order valence-corrected chi connectivity index (χ3v) is 5.99. The van der Waals surface area contributed by atoms with Crippen molar-refractivity contribution in [2.24, 2.45) is 0 Å². The second-order valence-corrected chi connectivity index (χ2v) is 8.25. The molecule has 3 heterocycles. The van der Waals surface area contributed by atoms with E-state index < -0.39 is 0 Å². The molecule has 1 aromatic carbocycles. The number of amides is 1. The normalized spacial score (nSPS) is 17.2. The number of thiazole rings is 1. The number of piperidine rings is 1. The van der Waals surface area contributed by atoms with Crippen molar-refractivity contribution in [3.63, 3.8) is 0 Å². The summed E-state index contributed by atoms with van der Waals surface area (Å²) >= 11 is 1.60. The molecule has 1 N–H and O–H groups in total. The average Bonchev–Trinajstić information content (AvgIpc) is 3.31. The van der Waals surface area contributed by atoms with Crippen LogP contribution in [0.2, 0.25) is 0 Å². The van der Waals surface area contributed by atoms with Crippen molar-refractivity contribution in [2.45, 2.75) is 38.5 Å². The number of hydrogen-bond acceptors (Lipinski definition) is 4. The molecule has 1 aliphatic heterocycles. The smallest absolute Gasteiger partial charge is 0.228 e. The Labute approximate surface area is 163 Å². The number of aryl methyl sites for hydroxylation is 1. The molecule has 1 fully saturated rings. The molecule has 0 aliphatic carbocycles. The first-order valence-electron chi connectivity index (χ1n) is 9.44. The van der Waals surface area contributed by atoms with Gasteiger partial charge in [0, 0.05) is 36.5 Å². The second-order valence-electron chi connectivity index (χ2n) is 7.18. The predicted octanol–water partition coefficient (Wildman–Crippen LogP) is 3.71. The summed E-state index contributed by atoms with van der Waals surface area (Å²) in [7, 11) is 0. The molecule has 0 radical (unpaired) electrons. The van der Waals surface area contributed by atoms with Crippen LogP contribution in [0.25, 0.3) is 0 Å². The van der Waals surface area contributed by atoms with Gasteiger partial charge in [-0.15, -0.1) is 11.3 Å². The third kappa shape index (κ3) is 4.27. The molecule has 0 unspecified atom stereocenters. The molecule has 0 bridgehead atoms. The van der Waals surface area contributed by atoms with Gasteiger partial charge in [0.05, 0.1) is 23.3 Å². The number of nitrogens with one attached hydrogen (secondary N) is 1. The van der Waals surface area contributed by atoms with Gasteiger partial charge in [0.1, 0.15) is 0 Å². The van der Waals surface area contributed by atoms with Crippen molar-refractivity contribution in [1.82, 2.24) is 20.1 Å². The Morgan fingerprint density at radius 1 is 1.33 bits per heavy atom. The highest BCUT2D eigenvalue weighted by Crippen LogP contribution is 2.29. The van der Waals surface area contributed by atoms with E-state index in [1.165, 1.54) is 16.8 Å². The monoisotopic (exact) mass is 380 g/mol. The van der Waals surface area contributed by atoms with E-state index in [1.54, 1.807) is 11.3 Å². The van der Waals surface area contributed by atoms with Crippen LogP contribution in [0.1, 0.15) is 46.3 Å². The number of nitrogens with zero attached hydrogens (tertiary/aromatic N) is 3. The van der Waals surface area contributed by atoms with Crippen molar-refractivity contribution < 1.29 is 4.79 Å². The maximum absolute atomic E-state index is 12.7. The van der Waals surface area contributed by atoms with Gasteiger partial charge in [-0.1, -0.05) is 30.3 Å². The second kappa shape index (κ2) is 8.05. The Hall–Kier alpha value is -2.47. The molecular formula is C21H24N4OS. The molecule has 6 heteroatoms. The lowest BCUT2D eigenvalue weighted by atomic mass is 9.90. The molecule has 27 heavy (non-hydrogen) atoms. The highest BCUT2D eigenvalue weighted by Gasteiger charge is 2.27. The minimum atomic E-state index is 0.175. The van der Waals surface area contributed by atoms with E-state index in [0.29, 0.717) is 12.3 Å². The van der Waals surface area contributed by atoms with E-state index in [4.69, 9.17) is 0 Å². The first-order chi connectivity index (χ1) is 13.2. The Bertz CT molecular complexity index is 902. The van der Waals surface area contributed by atoms with Gasteiger partial charge in [-0.05, 0) is 30.9 Å². The zero-order valence-electron chi connectivity index (χ0n) is 15.5. The molecular weight excluding hydrogens is 356 g/mol.